The lowest BCUT2D eigenvalue weighted by atomic mass is 10.2. The fourth-order valence-electron chi connectivity index (χ4n) is 2.20. The number of aromatic nitrogens is 2. The Morgan fingerprint density at radius 3 is 2.27 bits per heavy atom. The van der Waals surface area contributed by atoms with Gasteiger partial charge in [0.05, 0.1) is 0 Å². The highest BCUT2D eigenvalue weighted by molar-refractivity contribution is 5.92. The maximum absolute atomic E-state index is 12.0. The van der Waals surface area contributed by atoms with Gasteiger partial charge in [-0.05, 0) is 63.5 Å². The maximum atomic E-state index is 12.0. The first-order chi connectivity index (χ1) is 12.4. The molecule has 2 aromatic rings. The van der Waals surface area contributed by atoms with Gasteiger partial charge in [-0.2, -0.15) is 0 Å². The molecule has 0 saturated carbocycles. The van der Waals surface area contributed by atoms with Gasteiger partial charge in [-0.3, -0.25) is 9.59 Å². The van der Waals surface area contributed by atoms with E-state index < -0.39 is 0 Å². The summed E-state index contributed by atoms with van der Waals surface area (Å²) in [4.78, 5) is 25.1. The van der Waals surface area contributed by atoms with Crippen LogP contribution in [-0.4, -0.2) is 54.1 Å². The monoisotopic (exact) mass is 356 g/mol. The molecule has 2 amide bonds. The van der Waals surface area contributed by atoms with Gasteiger partial charge in [0.2, 0.25) is 5.91 Å². The van der Waals surface area contributed by atoms with Crippen molar-refractivity contribution in [1.82, 2.24) is 20.4 Å². The van der Waals surface area contributed by atoms with Crippen LogP contribution < -0.4 is 16.0 Å². The average Bonchev–Trinajstić information content (AvgIpc) is 2.60. The van der Waals surface area contributed by atoms with E-state index in [4.69, 9.17) is 0 Å². The Bertz CT molecular complexity index is 728. The van der Waals surface area contributed by atoms with Gasteiger partial charge < -0.3 is 20.9 Å². The van der Waals surface area contributed by atoms with Gasteiger partial charge in [0.15, 0.2) is 11.5 Å². The molecule has 8 nitrogen and oxygen atoms in total. The van der Waals surface area contributed by atoms with Crippen LogP contribution in [0.25, 0.3) is 0 Å². The second-order valence-corrected chi connectivity index (χ2v) is 6.10. The van der Waals surface area contributed by atoms with Crippen LogP contribution in [0.4, 0.5) is 17.2 Å². The molecule has 0 unspecified atom stereocenters. The number of nitrogens with zero attached hydrogens (tertiary/aromatic N) is 3. The Labute approximate surface area is 153 Å². The van der Waals surface area contributed by atoms with Crippen molar-refractivity contribution in [3.05, 3.63) is 42.1 Å². The minimum absolute atomic E-state index is 0.118. The molecule has 0 aliphatic heterocycles. The van der Waals surface area contributed by atoms with E-state index in [0.29, 0.717) is 12.4 Å². The van der Waals surface area contributed by atoms with Crippen molar-refractivity contribution in [2.75, 3.05) is 37.8 Å². The van der Waals surface area contributed by atoms with Crippen molar-refractivity contribution >= 4 is 29.0 Å². The molecule has 1 heterocycles. The zero-order valence-electron chi connectivity index (χ0n) is 15.2. The van der Waals surface area contributed by atoms with Crippen LogP contribution in [0.15, 0.2) is 36.4 Å². The number of carbonyl (C=O) groups excluding carboxylic acids is 2. The van der Waals surface area contributed by atoms with Crippen LogP contribution in [0.1, 0.15) is 23.8 Å². The van der Waals surface area contributed by atoms with Crippen LogP contribution in [0.5, 0.6) is 0 Å². The van der Waals surface area contributed by atoms with Gasteiger partial charge in [-0.1, -0.05) is 0 Å². The lowest BCUT2D eigenvalue weighted by Crippen LogP contribution is -2.28. The minimum Gasteiger partial charge on any atom is -0.351 e. The summed E-state index contributed by atoms with van der Waals surface area (Å²) >= 11 is 0. The van der Waals surface area contributed by atoms with E-state index in [0.717, 1.165) is 24.3 Å². The summed E-state index contributed by atoms with van der Waals surface area (Å²) < 4.78 is 0. The Kier molecular flexibility index (Phi) is 7.04. The van der Waals surface area contributed by atoms with Crippen molar-refractivity contribution in [2.24, 2.45) is 0 Å². The molecule has 0 aliphatic carbocycles. The van der Waals surface area contributed by atoms with Crippen LogP contribution in [-0.2, 0) is 4.79 Å². The minimum atomic E-state index is -0.234. The van der Waals surface area contributed by atoms with E-state index in [1.54, 1.807) is 24.3 Å². The third kappa shape index (κ3) is 6.48. The normalized spacial score (nSPS) is 10.5. The van der Waals surface area contributed by atoms with Gasteiger partial charge in [0.25, 0.3) is 5.91 Å². The topological polar surface area (TPSA) is 99.2 Å². The van der Waals surface area contributed by atoms with Crippen LogP contribution >= 0.6 is 0 Å². The summed E-state index contributed by atoms with van der Waals surface area (Å²) in [7, 11) is 3.98. The van der Waals surface area contributed by atoms with E-state index in [1.165, 1.54) is 6.92 Å². The van der Waals surface area contributed by atoms with Crippen LogP contribution in [0.3, 0.4) is 0 Å². The number of anilines is 3. The number of carbonyl (C=O) groups is 2. The molecule has 0 atom stereocenters. The maximum Gasteiger partial charge on any atom is 0.271 e. The number of hydrogen-bond acceptors (Lipinski definition) is 6. The predicted molar refractivity (Wildman–Crippen MR) is 102 cm³/mol. The lowest BCUT2D eigenvalue weighted by molar-refractivity contribution is -0.114. The molecule has 8 heteroatoms. The number of amides is 2. The molecule has 0 radical (unpaired) electrons. The Balaban J connectivity index is 1.86. The molecule has 1 aromatic carbocycles. The van der Waals surface area contributed by atoms with Crippen molar-refractivity contribution in [1.29, 1.82) is 0 Å². The highest BCUT2D eigenvalue weighted by Crippen LogP contribution is 2.17. The first-order valence-corrected chi connectivity index (χ1v) is 8.35. The molecular weight excluding hydrogens is 332 g/mol. The average molecular weight is 356 g/mol. The van der Waals surface area contributed by atoms with Gasteiger partial charge in [-0.15, -0.1) is 10.2 Å². The summed E-state index contributed by atoms with van der Waals surface area (Å²) in [5, 5.41) is 16.6. The largest absolute Gasteiger partial charge is 0.351 e. The standard InChI is InChI=1S/C18H24N6O2/c1-13(25)20-14-5-7-15(8-6-14)21-17-10-9-16(22-23-17)18(26)19-11-4-12-24(2)3/h5-10H,4,11-12H2,1-3H3,(H,19,26)(H,20,25)(H,21,23). The molecule has 0 aliphatic rings. The summed E-state index contributed by atoms with van der Waals surface area (Å²) in [6.07, 6.45) is 0.875. The summed E-state index contributed by atoms with van der Waals surface area (Å²) in [6, 6.07) is 10.5. The first kappa shape index (κ1) is 19.3. The second kappa shape index (κ2) is 9.47. The van der Waals surface area contributed by atoms with E-state index in [1.807, 2.05) is 26.2 Å². The second-order valence-electron chi connectivity index (χ2n) is 6.10. The van der Waals surface area contributed by atoms with E-state index in [2.05, 4.69) is 31.0 Å². The molecule has 3 N–H and O–H groups in total. The Hall–Kier alpha value is -3.00. The van der Waals surface area contributed by atoms with E-state index in [9.17, 15) is 9.59 Å². The van der Waals surface area contributed by atoms with Crippen molar-refractivity contribution in [3.63, 3.8) is 0 Å². The first-order valence-electron chi connectivity index (χ1n) is 8.35. The third-order valence-corrected chi connectivity index (χ3v) is 3.44. The van der Waals surface area contributed by atoms with E-state index in [-0.39, 0.29) is 17.5 Å². The zero-order valence-corrected chi connectivity index (χ0v) is 15.2. The predicted octanol–water partition coefficient (Wildman–Crippen LogP) is 1.86. The molecular formula is C18H24N6O2. The summed E-state index contributed by atoms with van der Waals surface area (Å²) in [5.41, 5.74) is 1.80. The summed E-state index contributed by atoms with van der Waals surface area (Å²) in [6.45, 7) is 2.97. The fraction of sp³-hybridized carbons (Fsp3) is 0.333. The Morgan fingerprint density at radius 2 is 1.69 bits per heavy atom. The highest BCUT2D eigenvalue weighted by Gasteiger charge is 2.08. The number of benzene rings is 1. The van der Waals surface area contributed by atoms with Gasteiger partial charge in [0, 0.05) is 24.8 Å². The molecule has 0 fully saturated rings. The Morgan fingerprint density at radius 1 is 1.00 bits per heavy atom. The smallest absolute Gasteiger partial charge is 0.271 e. The zero-order chi connectivity index (χ0) is 18.9. The quantitative estimate of drug-likeness (QED) is 0.625. The van der Waals surface area contributed by atoms with Gasteiger partial charge in [-0.25, -0.2) is 0 Å². The van der Waals surface area contributed by atoms with Crippen LogP contribution in [0.2, 0.25) is 0 Å². The number of hydrogen-bond donors (Lipinski definition) is 3. The lowest BCUT2D eigenvalue weighted by Gasteiger charge is -2.10. The highest BCUT2D eigenvalue weighted by atomic mass is 16.2. The van der Waals surface area contributed by atoms with Crippen molar-refractivity contribution < 1.29 is 9.59 Å². The number of nitrogens with one attached hydrogen (secondary N) is 3. The molecule has 2 rings (SSSR count). The van der Waals surface area contributed by atoms with Crippen molar-refractivity contribution in [3.8, 4) is 0 Å². The third-order valence-electron chi connectivity index (χ3n) is 3.44. The molecule has 0 bridgehead atoms. The molecule has 138 valence electrons. The fourth-order valence-corrected chi connectivity index (χ4v) is 2.20. The molecule has 0 spiro atoms. The van der Waals surface area contributed by atoms with Crippen molar-refractivity contribution in [2.45, 2.75) is 13.3 Å². The molecule has 1 aromatic heterocycles. The molecule has 0 saturated heterocycles. The SMILES string of the molecule is CC(=O)Nc1ccc(Nc2ccc(C(=O)NCCCN(C)C)nn2)cc1. The van der Waals surface area contributed by atoms with Crippen LogP contribution in [0, 0.1) is 0 Å². The number of rotatable bonds is 8. The van der Waals surface area contributed by atoms with E-state index >= 15 is 0 Å². The van der Waals surface area contributed by atoms with Gasteiger partial charge >= 0.3 is 0 Å². The van der Waals surface area contributed by atoms with Gasteiger partial charge in [0.1, 0.15) is 0 Å². The summed E-state index contributed by atoms with van der Waals surface area (Å²) in [5.74, 6) is 0.177. The molecule has 26 heavy (non-hydrogen) atoms.